The van der Waals surface area contributed by atoms with Crippen LogP contribution in [0.25, 0.3) is 0 Å². The van der Waals surface area contributed by atoms with Crippen LogP contribution in [0, 0.1) is 0 Å². The van der Waals surface area contributed by atoms with Crippen LogP contribution in [0.3, 0.4) is 0 Å². The third-order valence-corrected chi connectivity index (χ3v) is 2.54. The molecule has 0 spiro atoms. The first-order valence-corrected chi connectivity index (χ1v) is 6.51. The Labute approximate surface area is 119 Å². The van der Waals surface area contributed by atoms with E-state index in [9.17, 15) is 4.79 Å². The van der Waals surface area contributed by atoms with Gasteiger partial charge in [0.25, 0.3) is 0 Å². The largest absolute Gasteiger partial charge is 0.337 e. The van der Waals surface area contributed by atoms with Gasteiger partial charge in [-0.25, -0.2) is 0 Å². The highest BCUT2D eigenvalue weighted by Crippen LogP contribution is 2.18. The second-order valence-corrected chi connectivity index (χ2v) is 5.50. The number of benzene rings is 2. The topological polar surface area (TPSA) is 35.5 Å². The Morgan fingerprint density at radius 2 is 1.40 bits per heavy atom. The molecule has 104 valence electrons. The number of carbonyl (C=O) groups excluding carboxylic acids is 1. The fraction of sp³-hybridized carbons (Fsp3) is 0.235. The van der Waals surface area contributed by atoms with Crippen LogP contribution in [-0.2, 0) is 4.89 Å². The summed E-state index contributed by atoms with van der Waals surface area (Å²) in [4.78, 5) is 22.6. The average Bonchev–Trinajstić information content (AvgIpc) is 2.45. The molecule has 0 bridgehead atoms. The van der Waals surface area contributed by atoms with Crippen molar-refractivity contribution in [2.24, 2.45) is 0 Å². The molecule has 0 unspecified atom stereocenters. The summed E-state index contributed by atoms with van der Waals surface area (Å²) >= 11 is 0. The van der Waals surface area contributed by atoms with E-state index in [0.29, 0.717) is 16.9 Å². The number of hydrogen-bond donors (Lipinski definition) is 0. The normalized spacial score (nSPS) is 11.2. The highest BCUT2D eigenvalue weighted by Gasteiger charge is 2.13. The van der Waals surface area contributed by atoms with E-state index < -0.39 is 0 Å². The van der Waals surface area contributed by atoms with Gasteiger partial charge in [0.1, 0.15) is 5.60 Å². The van der Waals surface area contributed by atoms with E-state index in [-0.39, 0.29) is 11.4 Å². The first kappa shape index (κ1) is 14.3. The maximum atomic E-state index is 12.2. The number of ketones is 1. The molecule has 0 radical (unpaired) electrons. The summed E-state index contributed by atoms with van der Waals surface area (Å²) in [7, 11) is 0. The Hall–Kier alpha value is -2.13. The molecule has 0 saturated carbocycles. The summed E-state index contributed by atoms with van der Waals surface area (Å²) in [5.41, 5.74) is 0.921. The van der Waals surface area contributed by atoms with Crippen molar-refractivity contribution >= 4 is 5.78 Å². The molecule has 0 saturated heterocycles. The predicted molar refractivity (Wildman–Crippen MR) is 77.8 cm³/mol. The highest BCUT2D eigenvalue weighted by atomic mass is 17.2. The first-order chi connectivity index (χ1) is 9.46. The van der Waals surface area contributed by atoms with E-state index in [1.807, 2.05) is 39.0 Å². The second kappa shape index (κ2) is 5.88. The lowest BCUT2D eigenvalue weighted by atomic mass is 10.0. The molecule has 0 aliphatic carbocycles. The van der Waals surface area contributed by atoms with E-state index in [1.165, 1.54) is 0 Å². The van der Waals surface area contributed by atoms with Crippen LogP contribution in [0.2, 0.25) is 0 Å². The lowest BCUT2D eigenvalue weighted by Crippen LogP contribution is -2.21. The van der Waals surface area contributed by atoms with E-state index in [2.05, 4.69) is 0 Å². The van der Waals surface area contributed by atoms with E-state index in [4.69, 9.17) is 9.78 Å². The summed E-state index contributed by atoms with van der Waals surface area (Å²) in [6.07, 6.45) is 0. The Morgan fingerprint density at radius 3 is 1.95 bits per heavy atom. The van der Waals surface area contributed by atoms with Gasteiger partial charge in [-0.2, -0.15) is 4.89 Å². The van der Waals surface area contributed by atoms with Gasteiger partial charge in [0.15, 0.2) is 11.5 Å². The van der Waals surface area contributed by atoms with Crippen LogP contribution in [0.1, 0.15) is 36.7 Å². The van der Waals surface area contributed by atoms with Gasteiger partial charge in [0.05, 0.1) is 0 Å². The van der Waals surface area contributed by atoms with Gasteiger partial charge in [-0.1, -0.05) is 30.3 Å². The standard InChI is InChI=1S/C17H18O3/c1-17(2,3)20-19-15-11-9-14(10-12-15)16(18)13-7-5-4-6-8-13/h4-12H,1-3H3. The van der Waals surface area contributed by atoms with Crippen molar-refractivity contribution in [3.8, 4) is 5.75 Å². The minimum Gasteiger partial charge on any atom is -0.337 e. The SMILES string of the molecule is CC(C)(C)OOc1ccc(C(=O)c2ccccc2)cc1. The first-order valence-electron chi connectivity index (χ1n) is 6.51. The molecule has 0 N–H and O–H groups in total. The van der Waals surface area contributed by atoms with Crippen LogP contribution in [0.5, 0.6) is 5.75 Å². The van der Waals surface area contributed by atoms with Gasteiger partial charge in [0.2, 0.25) is 0 Å². The quantitative estimate of drug-likeness (QED) is 0.478. The molecule has 3 heteroatoms. The lowest BCUT2D eigenvalue weighted by Gasteiger charge is -2.17. The molecule has 0 aliphatic heterocycles. The van der Waals surface area contributed by atoms with Crippen molar-refractivity contribution in [1.82, 2.24) is 0 Å². The Morgan fingerprint density at radius 1 is 0.850 bits per heavy atom. The Bertz CT molecular complexity index is 565. The minimum atomic E-state index is -0.376. The van der Waals surface area contributed by atoms with Gasteiger partial charge >= 0.3 is 0 Å². The zero-order valence-electron chi connectivity index (χ0n) is 11.9. The monoisotopic (exact) mass is 270 g/mol. The maximum absolute atomic E-state index is 12.2. The van der Waals surface area contributed by atoms with Crippen molar-refractivity contribution < 1.29 is 14.6 Å². The third kappa shape index (κ3) is 3.93. The fourth-order valence-corrected chi connectivity index (χ4v) is 1.59. The number of carbonyl (C=O) groups is 1. The molecule has 0 amide bonds. The van der Waals surface area contributed by atoms with Gasteiger partial charge in [0, 0.05) is 11.1 Å². The molecule has 2 rings (SSSR count). The van der Waals surface area contributed by atoms with Crippen molar-refractivity contribution in [3.05, 3.63) is 65.7 Å². The highest BCUT2D eigenvalue weighted by molar-refractivity contribution is 6.08. The lowest BCUT2D eigenvalue weighted by molar-refractivity contribution is -0.274. The van der Waals surface area contributed by atoms with Crippen molar-refractivity contribution in [1.29, 1.82) is 0 Å². The smallest absolute Gasteiger partial charge is 0.193 e. The third-order valence-electron chi connectivity index (χ3n) is 2.54. The summed E-state index contributed by atoms with van der Waals surface area (Å²) in [5, 5.41) is 0. The van der Waals surface area contributed by atoms with Crippen LogP contribution in [-0.4, -0.2) is 11.4 Å². The van der Waals surface area contributed by atoms with Crippen molar-refractivity contribution in [2.75, 3.05) is 0 Å². The predicted octanol–water partition coefficient (Wildman–Crippen LogP) is 4.03. The molecular weight excluding hydrogens is 252 g/mol. The van der Waals surface area contributed by atoms with Crippen molar-refractivity contribution in [3.63, 3.8) is 0 Å². The molecule has 0 aliphatic rings. The summed E-state index contributed by atoms with van der Waals surface area (Å²) < 4.78 is 0. The molecule has 2 aromatic rings. The fourth-order valence-electron chi connectivity index (χ4n) is 1.59. The molecule has 0 fully saturated rings. The summed E-state index contributed by atoms with van der Waals surface area (Å²) in [6, 6.07) is 16.1. The van der Waals surface area contributed by atoms with Gasteiger partial charge in [-0.3, -0.25) is 4.79 Å². The van der Waals surface area contributed by atoms with E-state index in [0.717, 1.165) is 0 Å². The summed E-state index contributed by atoms with van der Waals surface area (Å²) in [6.45, 7) is 5.71. The van der Waals surface area contributed by atoms with Gasteiger partial charge in [-0.05, 0) is 45.0 Å². The molecule has 3 nitrogen and oxygen atoms in total. The van der Waals surface area contributed by atoms with Gasteiger partial charge in [-0.15, -0.1) is 0 Å². The molecular formula is C17H18O3. The number of rotatable bonds is 4. The maximum Gasteiger partial charge on any atom is 0.193 e. The molecule has 0 aromatic heterocycles. The molecule has 0 atom stereocenters. The molecule has 20 heavy (non-hydrogen) atoms. The van der Waals surface area contributed by atoms with Crippen LogP contribution in [0.4, 0.5) is 0 Å². The van der Waals surface area contributed by atoms with Crippen LogP contribution in [0.15, 0.2) is 54.6 Å². The Kier molecular flexibility index (Phi) is 4.20. The van der Waals surface area contributed by atoms with Gasteiger partial charge < -0.3 is 4.89 Å². The van der Waals surface area contributed by atoms with Crippen LogP contribution >= 0.6 is 0 Å². The second-order valence-electron chi connectivity index (χ2n) is 5.50. The van der Waals surface area contributed by atoms with E-state index in [1.54, 1.807) is 36.4 Å². The van der Waals surface area contributed by atoms with Crippen molar-refractivity contribution in [2.45, 2.75) is 26.4 Å². The van der Waals surface area contributed by atoms with E-state index >= 15 is 0 Å². The zero-order chi connectivity index (χ0) is 14.6. The van der Waals surface area contributed by atoms with Crippen LogP contribution < -0.4 is 4.89 Å². The minimum absolute atomic E-state index is 0.00566. The zero-order valence-corrected chi connectivity index (χ0v) is 11.9. The Balaban J connectivity index is 2.07. The summed E-state index contributed by atoms with van der Waals surface area (Å²) in [5.74, 6) is 0.568. The average molecular weight is 270 g/mol. The molecule has 2 aromatic carbocycles. The number of hydrogen-bond acceptors (Lipinski definition) is 3. The molecule has 0 heterocycles.